The Balaban J connectivity index is 2.72. The average Bonchev–Trinajstić information content (AvgIpc) is 2.77. The molecule has 0 saturated heterocycles. The van der Waals surface area contributed by atoms with Crippen molar-refractivity contribution in [3.63, 3.8) is 0 Å². The van der Waals surface area contributed by atoms with Crippen molar-refractivity contribution < 1.29 is 14.3 Å². The van der Waals surface area contributed by atoms with E-state index in [1.54, 1.807) is 12.1 Å². The summed E-state index contributed by atoms with van der Waals surface area (Å²) in [4.78, 5) is 15.1. The third-order valence-corrected chi connectivity index (χ3v) is 2.80. The molecule has 0 saturated carbocycles. The quantitative estimate of drug-likeness (QED) is 0.916. The van der Waals surface area contributed by atoms with Crippen LogP contribution in [0.15, 0.2) is 18.2 Å². The van der Waals surface area contributed by atoms with E-state index >= 15 is 0 Å². The van der Waals surface area contributed by atoms with E-state index in [1.165, 1.54) is 10.7 Å². The summed E-state index contributed by atoms with van der Waals surface area (Å²) in [6.45, 7) is 7.43. The fourth-order valence-corrected chi connectivity index (χ4v) is 1.84. The van der Waals surface area contributed by atoms with Crippen LogP contribution in [0.1, 0.15) is 42.8 Å². The molecule has 1 N–H and O–H groups in total. The van der Waals surface area contributed by atoms with Crippen molar-refractivity contribution in [3.8, 4) is 5.69 Å². The van der Waals surface area contributed by atoms with Crippen LogP contribution in [0.4, 0.5) is 4.39 Å². The molecular weight excluding hydrogens is 261 g/mol. The molecule has 0 aliphatic rings. The molecule has 1 heterocycles. The molecule has 0 amide bonds. The van der Waals surface area contributed by atoms with E-state index in [0.29, 0.717) is 5.82 Å². The lowest BCUT2D eigenvalue weighted by atomic mass is 9.95. The Morgan fingerprint density at radius 1 is 1.35 bits per heavy atom. The maximum Gasteiger partial charge on any atom is 0.375 e. The van der Waals surface area contributed by atoms with Crippen molar-refractivity contribution in [2.24, 2.45) is 0 Å². The van der Waals surface area contributed by atoms with Crippen molar-refractivity contribution in [2.75, 3.05) is 0 Å². The molecule has 1 aromatic carbocycles. The van der Waals surface area contributed by atoms with E-state index in [4.69, 9.17) is 5.11 Å². The molecule has 0 radical (unpaired) electrons. The number of carboxylic acid groups (broad SMARTS) is 1. The highest BCUT2D eigenvalue weighted by Crippen LogP contribution is 2.25. The van der Waals surface area contributed by atoms with Crippen LogP contribution in [-0.2, 0) is 5.41 Å². The number of benzene rings is 1. The first-order valence-electron chi connectivity index (χ1n) is 6.17. The first kappa shape index (κ1) is 14.2. The summed E-state index contributed by atoms with van der Waals surface area (Å²) >= 11 is 0. The van der Waals surface area contributed by atoms with Gasteiger partial charge in [0, 0.05) is 5.41 Å². The minimum Gasteiger partial charge on any atom is -0.475 e. The Morgan fingerprint density at radius 3 is 2.55 bits per heavy atom. The second-order valence-corrected chi connectivity index (χ2v) is 5.68. The molecule has 0 atom stereocenters. The van der Waals surface area contributed by atoms with Gasteiger partial charge in [0.25, 0.3) is 5.82 Å². The molecule has 5 nitrogen and oxygen atoms in total. The van der Waals surface area contributed by atoms with Crippen molar-refractivity contribution in [1.29, 1.82) is 0 Å². The molecule has 6 heteroatoms. The van der Waals surface area contributed by atoms with Crippen molar-refractivity contribution >= 4 is 5.97 Å². The highest BCUT2D eigenvalue weighted by molar-refractivity contribution is 5.83. The largest absolute Gasteiger partial charge is 0.475 e. The predicted octanol–water partition coefficient (Wildman–Crippen LogP) is 2.71. The number of aromatic carboxylic acids is 1. The molecule has 0 unspecified atom stereocenters. The van der Waals surface area contributed by atoms with Gasteiger partial charge in [-0.1, -0.05) is 26.8 Å². The fraction of sp³-hybridized carbons (Fsp3) is 0.357. The molecule has 1 aromatic heterocycles. The van der Waals surface area contributed by atoms with Gasteiger partial charge < -0.3 is 5.11 Å². The first-order chi connectivity index (χ1) is 9.20. The van der Waals surface area contributed by atoms with E-state index in [1.807, 2.05) is 27.7 Å². The van der Waals surface area contributed by atoms with E-state index in [-0.39, 0.29) is 11.5 Å². The Kier molecular flexibility index (Phi) is 3.33. The van der Waals surface area contributed by atoms with Crippen LogP contribution >= 0.6 is 0 Å². The minimum atomic E-state index is -1.23. The monoisotopic (exact) mass is 277 g/mol. The van der Waals surface area contributed by atoms with Crippen molar-refractivity contribution in [2.45, 2.75) is 33.1 Å². The highest BCUT2D eigenvalue weighted by atomic mass is 19.1. The van der Waals surface area contributed by atoms with Crippen LogP contribution in [0.3, 0.4) is 0 Å². The van der Waals surface area contributed by atoms with Gasteiger partial charge in [-0.2, -0.15) is 0 Å². The van der Waals surface area contributed by atoms with E-state index in [2.05, 4.69) is 10.1 Å². The lowest BCUT2D eigenvalue weighted by Crippen LogP contribution is -2.19. The van der Waals surface area contributed by atoms with Gasteiger partial charge in [-0.3, -0.25) is 0 Å². The summed E-state index contributed by atoms with van der Waals surface area (Å²) in [7, 11) is 0. The molecule has 2 rings (SSSR count). The maximum absolute atomic E-state index is 14.0. The molecule has 0 fully saturated rings. The Labute approximate surface area is 116 Å². The molecule has 0 aliphatic heterocycles. The molecular formula is C14H16FN3O2. The first-order valence-corrected chi connectivity index (χ1v) is 6.17. The Hall–Kier alpha value is -2.24. The number of halogens is 1. The zero-order chi connectivity index (χ0) is 15.1. The molecule has 20 heavy (non-hydrogen) atoms. The van der Waals surface area contributed by atoms with Crippen LogP contribution in [0.2, 0.25) is 0 Å². The Bertz CT molecular complexity index is 672. The summed E-state index contributed by atoms with van der Waals surface area (Å²) in [5.41, 5.74) is 0.597. The smallest absolute Gasteiger partial charge is 0.375 e. The van der Waals surface area contributed by atoms with E-state index in [0.717, 1.165) is 5.56 Å². The van der Waals surface area contributed by atoms with Gasteiger partial charge in [-0.05, 0) is 24.6 Å². The summed E-state index contributed by atoms with van der Waals surface area (Å²) in [6, 6.07) is 4.59. The summed E-state index contributed by atoms with van der Waals surface area (Å²) in [6.07, 6.45) is 0. The number of hydrogen-bond donors (Lipinski definition) is 1. The topological polar surface area (TPSA) is 68.0 Å². The Morgan fingerprint density at radius 2 is 2.00 bits per heavy atom. The SMILES string of the molecule is Cc1ccc(F)c(-n2nc(C(=O)O)nc2C(C)(C)C)c1. The number of aryl methyl sites for hydroxylation is 1. The lowest BCUT2D eigenvalue weighted by Gasteiger charge is -2.18. The van der Waals surface area contributed by atoms with Crippen LogP contribution in [0.25, 0.3) is 5.69 Å². The second kappa shape index (κ2) is 4.70. The zero-order valence-electron chi connectivity index (χ0n) is 11.8. The minimum absolute atomic E-state index is 0.204. The molecule has 0 bridgehead atoms. The van der Waals surface area contributed by atoms with Crippen LogP contribution in [-0.4, -0.2) is 25.8 Å². The maximum atomic E-state index is 14.0. The number of aromatic nitrogens is 3. The summed E-state index contributed by atoms with van der Waals surface area (Å²) in [5.74, 6) is -1.64. The van der Waals surface area contributed by atoms with Crippen molar-refractivity contribution in [1.82, 2.24) is 14.8 Å². The summed E-state index contributed by atoms with van der Waals surface area (Å²) in [5, 5.41) is 12.9. The van der Waals surface area contributed by atoms with Gasteiger partial charge >= 0.3 is 5.97 Å². The average molecular weight is 277 g/mol. The van der Waals surface area contributed by atoms with E-state index in [9.17, 15) is 9.18 Å². The third-order valence-electron chi connectivity index (χ3n) is 2.80. The lowest BCUT2D eigenvalue weighted by molar-refractivity contribution is 0.0683. The number of nitrogens with zero attached hydrogens (tertiary/aromatic N) is 3. The summed E-state index contributed by atoms with van der Waals surface area (Å²) < 4.78 is 15.3. The van der Waals surface area contributed by atoms with Crippen LogP contribution in [0.5, 0.6) is 0 Å². The highest BCUT2D eigenvalue weighted by Gasteiger charge is 2.27. The number of rotatable bonds is 2. The van der Waals surface area contributed by atoms with Gasteiger partial charge in [0.2, 0.25) is 0 Å². The normalized spacial score (nSPS) is 11.7. The van der Waals surface area contributed by atoms with Gasteiger partial charge in [0.15, 0.2) is 0 Å². The molecule has 2 aromatic rings. The molecule has 106 valence electrons. The van der Waals surface area contributed by atoms with Gasteiger partial charge in [-0.15, -0.1) is 5.10 Å². The third kappa shape index (κ3) is 2.54. The predicted molar refractivity (Wildman–Crippen MR) is 71.7 cm³/mol. The zero-order valence-corrected chi connectivity index (χ0v) is 11.8. The number of carbonyl (C=O) groups is 1. The second-order valence-electron chi connectivity index (χ2n) is 5.68. The number of carboxylic acids is 1. The van der Waals surface area contributed by atoms with Crippen LogP contribution in [0, 0.1) is 12.7 Å². The van der Waals surface area contributed by atoms with Gasteiger partial charge in [-0.25, -0.2) is 18.9 Å². The van der Waals surface area contributed by atoms with Crippen molar-refractivity contribution in [3.05, 3.63) is 41.2 Å². The van der Waals surface area contributed by atoms with Crippen LogP contribution < -0.4 is 0 Å². The molecule has 0 aliphatic carbocycles. The fourth-order valence-electron chi connectivity index (χ4n) is 1.84. The number of hydrogen-bond acceptors (Lipinski definition) is 3. The standard InChI is InChI=1S/C14H16FN3O2/c1-8-5-6-9(15)10(7-8)18-13(14(2,3)4)16-11(17-18)12(19)20/h5-7H,1-4H3,(H,19,20). The van der Waals surface area contributed by atoms with E-state index < -0.39 is 17.2 Å². The van der Waals surface area contributed by atoms with Gasteiger partial charge in [0.1, 0.15) is 17.3 Å². The molecule has 0 spiro atoms. The van der Waals surface area contributed by atoms with Gasteiger partial charge in [0.05, 0.1) is 0 Å².